The van der Waals surface area contributed by atoms with Gasteiger partial charge < -0.3 is 4.74 Å². The molecule has 6 heteroatoms. The van der Waals surface area contributed by atoms with Gasteiger partial charge in [0.15, 0.2) is 0 Å². The Labute approximate surface area is 136 Å². The van der Waals surface area contributed by atoms with Crippen LogP contribution in [0.15, 0.2) is 47.4 Å². The molecule has 2 aromatic carbocycles. The van der Waals surface area contributed by atoms with E-state index in [1.165, 1.54) is 30.6 Å². The maximum atomic E-state index is 12.9. The first-order chi connectivity index (χ1) is 10.8. The van der Waals surface area contributed by atoms with Crippen LogP contribution >= 0.6 is 0 Å². The Bertz CT molecular complexity index is 843. The lowest BCUT2D eigenvalue weighted by Gasteiger charge is -2.21. The first-order valence-corrected chi connectivity index (χ1v) is 8.46. The molecule has 0 fully saturated rings. The van der Waals surface area contributed by atoms with Crippen molar-refractivity contribution in [3.8, 4) is 0 Å². The molecule has 0 saturated heterocycles. The van der Waals surface area contributed by atoms with E-state index in [0.29, 0.717) is 11.3 Å². The van der Waals surface area contributed by atoms with Crippen molar-refractivity contribution in [2.45, 2.75) is 18.7 Å². The number of ether oxygens (including phenoxy) is 1. The summed E-state index contributed by atoms with van der Waals surface area (Å²) in [6, 6.07) is 11.8. The van der Waals surface area contributed by atoms with Crippen LogP contribution < -0.4 is 4.31 Å². The Hall–Kier alpha value is -2.34. The van der Waals surface area contributed by atoms with Gasteiger partial charge in [0.2, 0.25) is 0 Å². The molecule has 0 aliphatic heterocycles. The number of carbonyl (C=O) groups is 1. The largest absolute Gasteiger partial charge is 0.465 e. The Balaban J connectivity index is 2.54. The van der Waals surface area contributed by atoms with Crippen molar-refractivity contribution < 1.29 is 17.9 Å². The fourth-order valence-corrected chi connectivity index (χ4v) is 3.77. The van der Waals surface area contributed by atoms with Gasteiger partial charge >= 0.3 is 5.97 Å². The zero-order valence-corrected chi connectivity index (χ0v) is 14.3. The van der Waals surface area contributed by atoms with Gasteiger partial charge in [-0.05, 0) is 49.2 Å². The van der Waals surface area contributed by atoms with Gasteiger partial charge in [-0.2, -0.15) is 0 Å². The number of esters is 1. The Morgan fingerprint density at radius 3 is 2.35 bits per heavy atom. The van der Waals surface area contributed by atoms with Crippen LogP contribution in [0.5, 0.6) is 0 Å². The van der Waals surface area contributed by atoms with Gasteiger partial charge in [-0.25, -0.2) is 13.2 Å². The van der Waals surface area contributed by atoms with E-state index in [1.807, 2.05) is 13.0 Å². The molecular weight excluding hydrogens is 314 g/mol. The fourth-order valence-electron chi connectivity index (χ4n) is 2.34. The highest BCUT2D eigenvalue weighted by Crippen LogP contribution is 2.26. The van der Waals surface area contributed by atoms with Gasteiger partial charge in [0.25, 0.3) is 10.0 Å². The number of methoxy groups -OCH3 is 1. The molecule has 2 rings (SSSR count). The Kier molecular flexibility index (Phi) is 4.75. The standard InChI is InChI=1S/C17H19NO4S/c1-12-7-5-8-14(11-12)18(3)23(20,21)16-10-6-9-15(13(16)2)17(19)22-4/h5-11H,1-4H3. The van der Waals surface area contributed by atoms with Crippen LogP contribution in [-0.4, -0.2) is 28.5 Å². The molecule has 122 valence electrons. The molecule has 0 aliphatic carbocycles. The van der Waals surface area contributed by atoms with Crippen molar-refractivity contribution in [1.82, 2.24) is 0 Å². The number of nitrogens with zero attached hydrogens (tertiary/aromatic N) is 1. The molecule has 5 nitrogen and oxygen atoms in total. The van der Waals surface area contributed by atoms with Crippen LogP contribution in [0.25, 0.3) is 0 Å². The lowest BCUT2D eigenvalue weighted by Crippen LogP contribution is -2.27. The maximum absolute atomic E-state index is 12.9. The fraction of sp³-hybridized carbons (Fsp3) is 0.235. The number of anilines is 1. The van der Waals surface area contributed by atoms with Crippen LogP contribution in [0.1, 0.15) is 21.5 Å². The molecule has 2 aromatic rings. The van der Waals surface area contributed by atoms with Gasteiger partial charge in [-0.3, -0.25) is 4.31 Å². The molecule has 0 atom stereocenters. The van der Waals surface area contributed by atoms with E-state index in [2.05, 4.69) is 0 Å². The minimum atomic E-state index is -3.78. The Morgan fingerprint density at radius 1 is 1.09 bits per heavy atom. The number of hydrogen-bond acceptors (Lipinski definition) is 4. The highest BCUT2D eigenvalue weighted by molar-refractivity contribution is 7.92. The van der Waals surface area contributed by atoms with Crippen molar-refractivity contribution in [1.29, 1.82) is 0 Å². The van der Waals surface area contributed by atoms with E-state index < -0.39 is 16.0 Å². The molecule has 0 N–H and O–H groups in total. The van der Waals surface area contributed by atoms with Crippen LogP contribution in [0.3, 0.4) is 0 Å². The molecule has 0 aromatic heterocycles. The van der Waals surface area contributed by atoms with Gasteiger partial charge in [-0.1, -0.05) is 18.2 Å². The quantitative estimate of drug-likeness (QED) is 0.807. The van der Waals surface area contributed by atoms with E-state index in [9.17, 15) is 13.2 Å². The number of hydrogen-bond donors (Lipinski definition) is 0. The van der Waals surface area contributed by atoms with Crippen molar-refractivity contribution in [3.63, 3.8) is 0 Å². The predicted octanol–water partition coefficient (Wildman–Crippen LogP) is 2.92. The maximum Gasteiger partial charge on any atom is 0.338 e. The average molecular weight is 333 g/mol. The first-order valence-electron chi connectivity index (χ1n) is 7.02. The van der Waals surface area contributed by atoms with Crippen LogP contribution in [0.2, 0.25) is 0 Å². The second-order valence-corrected chi connectivity index (χ2v) is 7.17. The topological polar surface area (TPSA) is 63.7 Å². The summed E-state index contributed by atoms with van der Waals surface area (Å²) >= 11 is 0. The third kappa shape index (κ3) is 3.22. The Morgan fingerprint density at radius 2 is 1.74 bits per heavy atom. The summed E-state index contributed by atoms with van der Waals surface area (Å²) in [5, 5.41) is 0. The molecule has 0 heterocycles. The lowest BCUT2D eigenvalue weighted by molar-refractivity contribution is 0.0599. The molecule has 0 bridgehead atoms. The first kappa shape index (κ1) is 17.0. The van der Waals surface area contributed by atoms with Crippen molar-refractivity contribution in [2.75, 3.05) is 18.5 Å². The molecular formula is C17H19NO4S. The van der Waals surface area contributed by atoms with Gasteiger partial charge in [0.1, 0.15) is 0 Å². The van der Waals surface area contributed by atoms with E-state index >= 15 is 0 Å². The van der Waals surface area contributed by atoms with E-state index in [-0.39, 0.29) is 10.5 Å². The lowest BCUT2D eigenvalue weighted by atomic mass is 10.1. The normalized spacial score (nSPS) is 11.1. The highest BCUT2D eigenvalue weighted by Gasteiger charge is 2.25. The minimum absolute atomic E-state index is 0.0874. The summed E-state index contributed by atoms with van der Waals surface area (Å²) < 4.78 is 31.7. The second-order valence-electron chi connectivity index (χ2n) is 5.23. The smallest absolute Gasteiger partial charge is 0.338 e. The SMILES string of the molecule is COC(=O)c1cccc(S(=O)(=O)N(C)c2cccc(C)c2)c1C. The molecule has 0 spiro atoms. The van der Waals surface area contributed by atoms with Crippen LogP contribution in [-0.2, 0) is 14.8 Å². The summed E-state index contributed by atoms with van der Waals surface area (Å²) in [5.74, 6) is -0.558. The second kappa shape index (κ2) is 6.42. The van der Waals surface area contributed by atoms with Gasteiger partial charge in [0, 0.05) is 7.05 Å². The molecule has 23 heavy (non-hydrogen) atoms. The molecule has 0 radical (unpaired) electrons. The third-order valence-corrected chi connectivity index (χ3v) is 5.62. The highest BCUT2D eigenvalue weighted by atomic mass is 32.2. The summed E-state index contributed by atoms with van der Waals surface area (Å²) in [5.41, 5.74) is 2.14. The predicted molar refractivity (Wildman–Crippen MR) is 89.3 cm³/mol. The number of sulfonamides is 1. The summed E-state index contributed by atoms with van der Waals surface area (Å²) in [7, 11) is -1.02. The van der Waals surface area contributed by atoms with Gasteiger partial charge in [-0.15, -0.1) is 0 Å². The van der Waals surface area contributed by atoms with Crippen LogP contribution in [0, 0.1) is 13.8 Å². The molecule has 0 aliphatic rings. The zero-order valence-electron chi connectivity index (χ0n) is 13.5. The molecule has 0 amide bonds. The van der Waals surface area contributed by atoms with Crippen LogP contribution in [0.4, 0.5) is 5.69 Å². The van der Waals surface area contributed by atoms with E-state index in [0.717, 1.165) is 5.56 Å². The summed E-state index contributed by atoms with van der Waals surface area (Å²) in [6.07, 6.45) is 0. The number of benzene rings is 2. The zero-order chi connectivity index (χ0) is 17.2. The number of rotatable bonds is 4. The van der Waals surface area contributed by atoms with Crippen molar-refractivity contribution >= 4 is 21.7 Å². The average Bonchev–Trinajstić information content (AvgIpc) is 2.53. The number of carbonyl (C=O) groups excluding carboxylic acids is 1. The van der Waals surface area contributed by atoms with E-state index in [1.54, 1.807) is 31.2 Å². The number of aryl methyl sites for hydroxylation is 1. The monoisotopic (exact) mass is 333 g/mol. The van der Waals surface area contributed by atoms with Crippen molar-refractivity contribution in [3.05, 3.63) is 59.2 Å². The summed E-state index contributed by atoms with van der Waals surface area (Å²) in [4.78, 5) is 11.9. The minimum Gasteiger partial charge on any atom is -0.465 e. The molecule has 0 saturated carbocycles. The van der Waals surface area contributed by atoms with E-state index in [4.69, 9.17) is 4.74 Å². The summed E-state index contributed by atoms with van der Waals surface area (Å²) in [6.45, 7) is 3.50. The molecule has 0 unspecified atom stereocenters. The van der Waals surface area contributed by atoms with Gasteiger partial charge in [0.05, 0.1) is 23.3 Å². The van der Waals surface area contributed by atoms with Crippen molar-refractivity contribution in [2.24, 2.45) is 0 Å². The third-order valence-electron chi connectivity index (χ3n) is 3.69.